The van der Waals surface area contributed by atoms with Gasteiger partial charge in [-0.05, 0) is 36.6 Å². The summed E-state index contributed by atoms with van der Waals surface area (Å²) in [6.07, 6.45) is 2.25. The molecule has 4 nitrogen and oxygen atoms in total. The zero-order chi connectivity index (χ0) is 11.5. The SMILES string of the molecule is CN(C(=O)C=O)c1ccc2c(c1)CCCO2. The summed E-state index contributed by atoms with van der Waals surface area (Å²) in [7, 11) is 1.59. The summed E-state index contributed by atoms with van der Waals surface area (Å²) in [4.78, 5) is 22.9. The van der Waals surface area contributed by atoms with Crippen LogP contribution in [0.25, 0.3) is 0 Å². The second-order valence-electron chi connectivity index (χ2n) is 3.76. The van der Waals surface area contributed by atoms with Gasteiger partial charge in [0.2, 0.25) is 6.29 Å². The maximum atomic E-state index is 11.2. The van der Waals surface area contributed by atoms with Crippen LogP contribution in [0.1, 0.15) is 12.0 Å². The molecule has 0 unspecified atom stereocenters. The van der Waals surface area contributed by atoms with Crippen molar-refractivity contribution in [2.24, 2.45) is 0 Å². The fraction of sp³-hybridized carbons (Fsp3) is 0.333. The van der Waals surface area contributed by atoms with Gasteiger partial charge in [0.25, 0.3) is 5.91 Å². The number of benzene rings is 1. The zero-order valence-corrected chi connectivity index (χ0v) is 9.10. The molecule has 4 heteroatoms. The van der Waals surface area contributed by atoms with Crippen LogP contribution in [0.3, 0.4) is 0 Å². The molecular formula is C12H13NO3. The largest absolute Gasteiger partial charge is 0.493 e. The molecule has 0 aromatic heterocycles. The molecule has 0 N–H and O–H groups in total. The minimum absolute atomic E-state index is 0.315. The minimum Gasteiger partial charge on any atom is -0.493 e. The fourth-order valence-corrected chi connectivity index (χ4v) is 1.76. The molecule has 84 valence electrons. The molecule has 0 aliphatic carbocycles. The Morgan fingerprint density at radius 1 is 1.50 bits per heavy atom. The minimum atomic E-state index is -0.545. The van der Waals surface area contributed by atoms with E-state index in [-0.39, 0.29) is 0 Å². The number of carbonyl (C=O) groups is 2. The molecule has 0 saturated carbocycles. The van der Waals surface area contributed by atoms with Crippen molar-refractivity contribution in [2.75, 3.05) is 18.6 Å². The van der Waals surface area contributed by atoms with E-state index in [2.05, 4.69) is 0 Å². The summed E-state index contributed by atoms with van der Waals surface area (Å²) >= 11 is 0. The van der Waals surface area contributed by atoms with Gasteiger partial charge in [0.15, 0.2) is 0 Å². The maximum Gasteiger partial charge on any atom is 0.290 e. The third-order valence-corrected chi connectivity index (χ3v) is 2.71. The first kappa shape index (κ1) is 10.7. The van der Waals surface area contributed by atoms with Gasteiger partial charge in [-0.2, -0.15) is 0 Å². The van der Waals surface area contributed by atoms with Gasteiger partial charge in [-0.15, -0.1) is 0 Å². The van der Waals surface area contributed by atoms with E-state index in [4.69, 9.17) is 4.74 Å². The lowest BCUT2D eigenvalue weighted by Crippen LogP contribution is -2.27. The molecule has 1 amide bonds. The van der Waals surface area contributed by atoms with Crippen molar-refractivity contribution in [2.45, 2.75) is 12.8 Å². The van der Waals surface area contributed by atoms with Crippen LogP contribution in [0.4, 0.5) is 5.69 Å². The summed E-state index contributed by atoms with van der Waals surface area (Å²) < 4.78 is 5.47. The number of aldehydes is 1. The molecule has 1 aromatic carbocycles. The monoisotopic (exact) mass is 219 g/mol. The molecule has 0 spiro atoms. The highest BCUT2D eigenvalue weighted by molar-refractivity contribution is 6.30. The fourth-order valence-electron chi connectivity index (χ4n) is 1.76. The van der Waals surface area contributed by atoms with Crippen molar-refractivity contribution >= 4 is 17.9 Å². The van der Waals surface area contributed by atoms with E-state index in [9.17, 15) is 9.59 Å². The number of hydrogen-bond acceptors (Lipinski definition) is 3. The summed E-state index contributed by atoms with van der Waals surface area (Å²) in [5.74, 6) is 0.332. The van der Waals surface area contributed by atoms with E-state index < -0.39 is 5.91 Å². The molecule has 1 aromatic rings. The van der Waals surface area contributed by atoms with Gasteiger partial charge in [0, 0.05) is 12.7 Å². The lowest BCUT2D eigenvalue weighted by atomic mass is 10.1. The number of hydrogen-bond donors (Lipinski definition) is 0. The van der Waals surface area contributed by atoms with Crippen molar-refractivity contribution in [1.29, 1.82) is 0 Å². The molecule has 0 radical (unpaired) electrons. The Labute approximate surface area is 93.8 Å². The highest BCUT2D eigenvalue weighted by atomic mass is 16.5. The lowest BCUT2D eigenvalue weighted by Gasteiger charge is -2.20. The van der Waals surface area contributed by atoms with Crippen LogP contribution in [0.2, 0.25) is 0 Å². The number of aryl methyl sites for hydroxylation is 1. The molecule has 0 bridgehead atoms. The van der Waals surface area contributed by atoms with Crippen molar-refractivity contribution in [3.05, 3.63) is 23.8 Å². The van der Waals surface area contributed by atoms with Crippen molar-refractivity contribution < 1.29 is 14.3 Å². The van der Waals surface area contributed by atoms with Gasteiger partial charge in [-0.3, -0.25) is 9.59 Å². The molecule has 0 atom stereocenters. The first-order valence-electron chi connectivity index (χ1n) is 5.21. The van der Waals surface area contributed by atoms with Gasteiger partial charge in [0.1, 0.15) is 5.75 Å². The van der Waals surface area contributed by atoms with E-state index in [1.807, 2.05) is 12.1 Å². The predicted octanol–water partition coefficient (Wildman–Crippen LogP) is 1.17. The zero-order valence-electron chi connectivity index (χ0n) is 9.10. The number of amides is 1. The van der Waals surface area contributed by atoms with E-state index in [0.717, 1.165) is 36.4 Å². The van der Waals surface area contributed by atoms with Crippen molar-refractivity contribution in [3.8, 4) is 5.75 Å². The summed E-state index contributed by atoms with van der Waals surface area (Å²) in [6.45, 7) is 0.745. The topological polar surface area (TPSA) is 46.6 Å². The van der Waals surface area contributed by atoms with Gasteiger partial charge in [0.05, 0.1) is 6.61 Å². The van der Waals surface area contributed by atoms with Crippen LogP contribution >= 0.6 is 0 Å². The lowest BCUT2D eigenvalue weighted by molar-refractivity contribution is -0.129. The smallest absolute Gasteiger partial charge is 0.290 e. The first-order valence-corrected chi connectivity index (χ1v) is 5.21. The maximum absolute atomic E-state index is 11.2. The molecule has 1 aliphatic heterocycles. The molecule has 1 aliphatic rings. The summed E-state index contributed by atoms with van der Waals surface area (Å²) in [5, 5.41) is 0. The Bertz CT molecular complexity index is 428. The van der Waals surface area contributed by atoms with Crippen molar-refractivity contribution in [1.82, 2.24) is 0 Å². The number of likely N-dealkylation sites (N-methyl/N-ethyl adjacent to an activating group) is 1. The van der Waals surface area contributed by atoms with Gasteiger partial charge >= 0.3 is 0 Å². The molecule has 0 saturated heterocycles. The Kier molecular flexibility index (Phi) is 2.90. The van der Waals surface area contributed by atoms with Crippen LogP contribution in [-0.4, -0.2) is 25.8 Å². The Hall–Kier alpha value is -1.84. The number of ether oxygens (including phenoxy) is 1. The van der Waals surface area contributed by atoms with Crippen LogP contribution in [0.5, 0.6) is 5.75 Å². The van der Waals surface area contributed by atoms with Gasteiger partial charge in [-0.1, -0.05) is 0 Å². The second kappa shape index (κ2) is 4.35. The van der Waals surface area contributed by atoms with Crippen LogP contribution in [0, 0.1) is 0 Å². The molecule has 1 heterocycles. The number of carbonyl (C=O) groups excluding carboxylic acids is 2. The molecule has 16 heavy (non-hydrogen) atoms. The van der Waals surface area contributed by atoms with Crippen LogP contribution < -0.4 is 9.64 Å². The third-order valence-electron chi connectivity index (χ3n) is 2.71. The molecular weight excluding hydrogens is 206 g/mol. The number of anilines is 1. The van der Waals surface area contributed by atoms with Gasteiger partial charge in [-0.25, -0.2) is 0 Å². The quantitative estimate of drug-likeness (QED) is 0.554. The summed E-state index contributed by atoms with van der Waals surface area (Å²) in [6, 6.07) is 5.53. The average Bonchev–Trinajstić information content (AvgIpc) is 2.36. The van der Waals surface area contributed by atoms with Crippen molar-refractivity contribution in [3.63, 3.8) is 0 Å². The first-order chi connectivity index (χ1) is 7.72. The number of nitrogens with zero attached hydrogens (tertiary/aromatic N) is 1. The number of rotatable bonds is 2. The van der Waals surface area contributed by atoms with E-state index >= 15 is 0 Å². The Morgan fingerprint density at radius 2 is 2.31 bits per heavy atom. The third kappa shape index (κ3) is 1.91. The van der Waals surface area contributed by atoms with E-state index in [1.54, 1.807) is 13.1 Å². The highest BCUT2D eigenvalue weighted by Gasteiger charge is 2.14. The van der Waals surface area contributed by atoms with Gasteiger partial charge < -0.3 is 9.64 Å². The van der Waals surface area contributed by atoms with Crippen LogP contribution in [-0.2, 0) is 16.0 Å². The Balaban J connectivity index is 2.29. The Morgan fingerprint density at radius 3 is 3.06 bits per heavy atom. The molecule has 0 fully saturated rings. The van der Waals surface area contributed by atoms with E-state index in [1.165, 1.54) is 4.90 Å². The van der Waals surface area contributed by atoms with Crippen LogP contribution in [0.15, 0.2) is 18.2 Å². The second-order valence-corrected chi connectivity index (χ2v) is 3.76. The normalized spacial score (nSPS) is 13.6. The summed E-state index contributed by atoms with van der Waals surface area (Å²) in [5.41, 5.74) is 1.82. The highest BCUT2D eigenvalue weighted by Crippen LogP contribution is 2.28. The average molecular weight is 219 g/mol. The standard InChI is InChI=1S/C12H13NO3/c1-13(12(15)8-14)10-4-5-11-9(7-10)3-2-6-16-11/h4-5,7-8H,2-3,6H2,1H3. The predicted molar refractivity (Wildman–Crippen MR) is 59.7 cm³/mol. The molecule has 2 rings (SSSR count). The van der Waals surface area contributed by atoms with E-state index in [0.29, 0.717) is 6.29 Å². The number of fused-ring (bicyclic) bond motifs is 1.